The Morgan fingerprint density at radius 2 is 2.00 bits per heavy atom. The van der Waals surface area contributed by atoms with Crippen LogP contribution in [0.5, 0.6) is 0 Å². The smallest absolute Gasteiger partial charge is 0.226 e. The molecule has 0 spiro atoms. The zero-order valence-corrected chi connectivity index (χ0v) is 12.5. The van der Waals surface area contributed by atoms with E-state index in [4.69, 9.17) is 17.3 Å². The second-order valence-corrected chi connectivity index (χ2v) is 5.96. The highest BCUT2D eigenvalue weighted by Crippen LogP contribution is 2.34. The molecule has 4 nitrogen and oxygen atoms in total. The summed E-state index contributed by atoms with van der Waals surface area (Å²) in [6.45, 7) is 0. The molecule has 1 unspecified atom stereocenters. The first-order chi connectivity index (χ1) is 10.2. The minimum Gasteiger partial charge on any atom is -0.369 e. The van der Waals surface area contributed by atoms with E-state index in [2.05, 4.69) is 10.2 Å². The van der Waals surface area contributed by atoms with E-state index in [1.807, 2.05) is 24.3 Å². The van der Waals surface area contributed by atoms with E-state index in [1.54, 1.807) is 0 Å². The molecule has 0 aliphatic heterocycles. The Morgan fingerprint density at radius 3 is 2.71 bits per heavy atom. The van der Waals surface area contributed by atoms with Crippen molar-refractivity contribution >= 4 is 17.5 Å². The largest absolute Gasteiger partial charge is 0.369 e. The Bertz CT molecular complexity index is 648. The standard InChI is InChI=1S/C16H18ClN3O/c17-11-8-6-10(7-9-11)14-12-4-2-1-3-5-13(16(18)21)15(12)20-19-14/h6-9,13H,1-5H2,(H2,18,21)(H,19,20). The first kappa shape index (κ1) is 14.1. The highest BCUT2D eigenvalue weighted by molar-refractivity contribution is 6.30. The van der Waals surface area contributed by atoms with E-state index in [-0.39, 0.29) is 11.8 Å². The molecule has 0 fully saturated rings. The molecule has 5 heteroatoms. The van der Waals surface area contributed by atoms with Crippen molar-refractivity contribution in [3.8, 4) is 11.3 Å². The Hall–Kier alpha value is -1.81. The fourth-order valence-electron chi connectivity index (χ4n) is 3.02. The third-order valence-electron chi connectivity index (χ3n) is 4.13. The number of hydrogen-bond acceptors (Lipinski definition) is 2. The average Bonchev–Trinajstić information content (AvgIpc) is 2.82. The lowest BCUT2D eigenvalue weighted by Gasteiger charge is -2.17. The number of aromatic nitrogens is 2. The molecular weight excluding hydrogens is 286 g/mol. The van der Waals surface area contributed by atoms with Crippen LogP contribution in [-0.2, 0) is 11.2 Å². The molecule has 0 bridgehead atoms. The monoisotopic (exact) mass is 303 g/mol. The third-order valence-corrected chi connectivity index (χ3v) is 4.38. The van der Waals surface area contributed by atoms with Crippen molar-refractivity contribution < 1.29 is 4.79 Å². The van der Waals surface area contributed by atoms with Crippen molar-refractivity contribution in [3.05, 3.63) is 40.5 Å². The Morgan fingerprint density at radius 1 is 1.24 bits per heavy atom. The maximum atomic E-state index is 11.7. The SMILES string of the molecule is NC(=O)C1CCCCCc2c(-c3ccc(Cl)cc3)n[nH]c21. The van der Waals surface area contributed by atoms with Gasteiger partial charge in [-0.1, -0.05) is 36.6 Å². The zero-order chi connectivity index (χ0) is 14.8. The van der Waals surface area contributed by atoms with Crippen molar-refractivity contribution in [3.63, 3.8) is 0 Å². The lowest BCUT2D eigenvalue weighted by Crippen LogP contribution is -2.23. The summed E-state index contributed by atoms with van der Waals surface area (Å²) in [6.07, 6.45) is 4.98. The fourth-order valence-corrected chi connectivity index (χ4v) is 3.15. The maximum Gasteiger partial charge on any atom is 0.226 e. The molecule has 1 aliphatic rings. The molecule has 1 amide bonds. The number of primary amides is 1. The Balaban J connectivity index is 2.06. The van der Waals surface area contributed by atoms with Crippen LogP contribution in [0.1, 0.15) is 42.9 Å². The third kappa shape index (κ3) is 2.81. The van der Waals surface area contributed by atoms with Gasteiger partial charge in [-0.2, -0.15) is 5.10 Å². The van der Waals surface area contributed by atoms with Crippen molar-refractivity contribution in [2.45, 2.75) is 38.0 Å². The van der Waals surface area contributed by atoms with Crippen LogP contribution in [0, 0.1) is 0 Å². The number of nitrogens with two attached hydrogens (primary N) is 1. The van der Waals surface area contributed by atoms with Crippen LogP contribution in [0.4, 0.5) is 0 Å². The van der Waals surface area contributed by atoms with Gasteiger partial charge in [-0.25, -0.2) is 0 Å². The molecule has 3 N–H and O–H groups in total. The molecule has 1 aromatic carbocycles. The van der Waals surface area contributed by atoms with Gasteiger partial charge in [0.25, 0.3) is 0 Å². The number of aromatic amines is 1. The minimum atomic E-state index is -0.274. The van der Waals surface area contributed by atoms with E-state index < -0.39 is 0 Å². The van der Waals surface area contributed by atoms with Gasteiger partial charge in [0.2, 0.25) is 5.91 Å². The van der Waals surface area contributed by atoms with E-state index >= 15 is 0 Å². The molecule has 0 radical (unpaired) electrons. The van der Waals surface area contributed by atoms with Crippen LogP contribution >= 0.6 is 11.6 Å². The number of fused-ring (bicyclic) bond motifs is 1. The number of amides is 1. The number of halogens is 1. The molecule has 0 saturated carbocycles. The average molecular weight is 304 g/mol. The van der Waals surface area contributed by atoms with E-state index in [1.165, 1.54) is 0 Å². The van der Waals surface area contributed by atoms with Crippen LogP contribution in [0.15, 0.2) is 24.3 Å². The van der Waals surface area contributed by atoms with Crippen molar-refractivity contribution in [1.82, 2.24) is 10.2 Å². The summed E-state index contributed by atoms with van der Waals surface area (Å²) in [5.74, 6) is -0.529. The number of hydrogen-bond donors (Lipinski definition) is 2. The zero-order valence-electron chi connectivity index (χ0n) is 11.7. The lowest BCUT2D eigenvalue weighted by atomic mass is 9.87. The van der Waals surface area contributed by atoms with Crippen molar-refractivity contribution in [2.24, 2.45) is 5.73 Å². The highest BCUT2D eigenvalue weighted by atomic mass is 35.5. The van der Waals surface area contributed by atoms with Gasteiger partial charge in [0, 0.05) is 16.1 Å². The first-order valence-corrected chi connectivity index (χ1v) is 7.67. The van der Waals surface area contributed by atoms with Crippen LogP contribution in [0.3, 0.4) is 0 Å². The maximum absolute atomic E-state index is 11.7. The van der Waals surface area contributed by atoms with Gasteiger partial charge >= 0.3 is 0 Å². The van der Waals surface area contributed by atoms with E-state index in [0.29, 0.717) is 5.02 Å². The quantitative estimate of drug-likeness (QED) is 0.892. The normalized spacial score (nSPS) is 18.6. The summed E-state index contributed by atoms with van der Waals surface area (Å²) in [4.78, 5) is 11.7. The Kier molecular flexibility index (Phi) is 3.97. The summed E-state index contributed by atoms with van der Waals surface area (Å²) < 4.78 is 0. The molecule has 3 rings (SSSR count). The van der Waals surface area contributed by atoms with Crippen LogP contribution in [0.2, 0.25) is 5.02 Å². The van der Waals surface area contributed by atoms with Crippen LogP contribution < -0.4 is 5.73 Å². The van der Waals surface area contributed by atoms with E-state index in [0.717, 1.165) is 54.6 Å². The van der Waals surface area contributed by atoms with Gasteiger partial charge < -0.3 is 5.73 Å². The highest BCUT2D eigenvalue weighted by Gasteiger charge is 2.26. The number of benzene rings is 1. The molecular formula is C16H18ClN3O. The number of carbonyl (C=O) groups is 1. The van der Waals surface area contributed by atoms with E-state index in [9.17, 15) is 4.79 Å². The predicted octanol–water partition coefficient (Wildman–Crippen LogP) is 3.42. The van der Waals surface area contributed by atoms with Crippen molar-refractivity contribution in [1.29, 1.82) is 0 Å². The number of carbonyl (C=O) groups excluding carboxylic acids is 1. The molecule has 0 saturated heterocycles. The first-order valence-electron chi connectivity index (χ1n) is 7.29. The van der Waals surface area contributed by atoms with Gasteiger partial charge in [0.05, 0.1) is 17.3 Å². The van der Waals surface area contributed by atoms with Gasteiger partial charge in [-0.15, -0.1) is 0 Å². The van der Waals surface area contributed by atoms with Gasteiger partial charge in [-0.05, 0) is 31.4 Å². The fraction of sp³-hybridized carbons (Fsp3) is 0.375. The number of rotatable bonds is 2. The number of nitrogens with zero attached hydrogens (tertiary/aromatic N) is 1. The lowest BCUT2D eigenvalue weighted by molar-refractivity contribution is -0.119. The summed E-state index contributed by atoms with van der Waals surface area (Å²) in [7, 11) is 0. The second kappa shape index (κ2) is 5.90. The minimum absolute atomic E-state index is 0.256. The van der Waals surface area contributed by atoms with Crippen LogP contribution in [-0.4, -0.2) is 16.1 Å². The molecule has 1 heterocycles. The summed E-state index contributed by atoms with van der Waals surface area (Å²) >= 11 is 5.94. The predicted molar refractivity (Wildman–Crippen MR) is 83.1 cm³/mol. The topological polar surface area (TPSA) is 71.8 Å². The van der Waals surface area contributed by atoms with Crippen LogP contribution in [0.25, 0.3) is 11.3 Å². The molecule has 110 valence electrons. The summed E-state index contributed by atoms with van der Waals surface area (Å²) in [6, 6.07) is 7.62. The molecule has 1 atom stereocenters. The molecule has 1 aromatic heterocycles. The number of H-pyrrole nitrogens is 1. The number of nitrogens with one attached hydrogen (secondary N) is 1. The summed E-state index contributed by atoms with van der Waals surface area (Å²) in [5, 5.41) is 8.19. The molecule has 2 aromatic rings. The second-order valence-electron chi connectivity index (χ2n) is 5.53. The van der Waals surface area contributed by atoms with Gasteiger partial charge in [0.15, 0.2) is 0 Å². The molecule has 21 heavy (non-hydrogen) atoms. The Labute approximate surface area is 128 Å². The summed E-state index contributed by atoms with van der Waals surface area (Å²) in [5.41, 5.74) is 9.51. The van der Waals surface area contributed by atoms with Crippen molar-refractivity contribution in [2.75, 3.05) is 0 Å². The molecule has 1 aliphatic carbocycles. The van der Waals surface area contributed by atoms with Gasteiger partial charge in [-0.3, -0.25) is 9.89 Å². The van der Waals surface area contributed by atoms with Gasteiger partial charge in [0.1, 0.15) is 0 Å².